The molecule has 1 saturated carbocycles. The molecule has 6 nitrogen and oxygen atoms in total. The molecular formula is C19H15ClF4N4O2. The van der Waals surface area contributed by atoms with Crippen LogP contribution in [0.2, 0.25) is 5.02 Å². The molecule has 4 rings (SSSR count). The number of pyridine rings is 1. The van der Waals surface area contributed by atoms with Gasteiger partial charge >= 0.3 is 6.18 Å². The van der Waals surface area contributed by atoms with E-state index in [2.05, 4.69) is 15.3 Å². The standard InChI is InChI=1S/C19H15ClF4N4O2/c1-8-14-15(8)30-17(25)28-18(14,19(22,23)24)11-6-10(3-4-12(11)21)27-16(29)13-5-2-9(20)7-26-13/h2-8,14-15H,1H3,(H2,25,28)(H,27,29)/t8-,14+,15-,18-/m0/s1. The van der Waals surface area contributed by atoms with Gasteiger partial charge < -0.3 is 15.8 Å². The number of alkyl halides is 3. The van der Waals surface area contributed by atoms with E-state index in [1.165, 1.54) is 18.3 Å². The molecule has 0 bridgehead atoms. The average Bonchev–Trinajstić information content (AvgIpc) is 3.32. The van der Waals surface area contributed by atoms with Gasteiger partial charge in [0, 0.05) is 29.3 Å². The summed E-state index contributed by atoms with van der Waals surface area (Å²) < 4.78 is 62.7. The number of amides is 1. The lowest BCUT2D eigenvalue weighted by Crippen LogP contribution is -2.49. The lowest BCUT2D eigenvalue weighted by Gasteiger charge is -2.35. The number of anilines is 1. The Kier molecular flexibility index (Phi) is 4.64. The van der Waals surface area contributed by atoms with Crippen molar-refractivity contribution in [2.45, 2.75) is 24.7 Å². The van der Waals surface area contributed by atoms with Crippen molar-refractivity contribution >= 4 is 29.2 Å². The van der Waals surface area contributed by atoms with Gasteiger partial charge in [0.1, 0.15) is 17.6 Å². The lowest BCUT2D eigenvalue weighted by molar-refractivity contribution is -0.201. The molecule has 158 valence electrons. The minimum absolute atomic E-state index is 0.0139. The van der Waals surface area contributed by atoms with Crippen LogP contribution in [0.3, 0.4) is 0 Å². The minimum atomic E-state index is -4.95. The summed E-state index contributed by atoms with van der Waals surface area (Å²) in [4.78, 5) is 19.7. The summed E-state index contributed by atoms with van der Waals surface area (Å²) in [7, 11) is 0. The number of amidine groups is 1. The Morgan fingerprint density at radius 3 is 2.67 bits per heavy atom. The first-order chi connectivity index (χ1) is 14.0. The van der Waals surface area contributed by atoms with E-state index in [9.17, 15) is 22.4 Å². The zero-order chi connectivity index (χ0) is 21.8. The molecule has 0 spiro atoms. The van der Waals surface area contributed by atoms with Crippen LogP contribution in [-0.2, 0) is 10.3 Å². The van der Waals surface area contributed by atoms with Crippen LogP contribution in [0.5, 0.6) is 0 Å². The summed E-state index contributed by atoms with van der Waals surface area (Å²) in [5.74, 6) is -3.49. The van der Waals surface area contributed by atoms with E-state index in [-0.39, 0.29) is 11.4 Å². The number of carbonyl (C=O) groups is 1. The topological polar surface area (TPSA) is 89.6 Å². The zero-order valence-corrected chi connectivity index (χ0v) is 16.1. The van der Waals surface area contributed by atoms with Gasteiger partial charge in [-0.1, -0.05) is 18.5 Å². The highest BCUT2D eigenvalue weighted by Crippen LogP contribution is 2.63. The number of nitrogens with zero attached hydrogens (tertiary/aromatic N) is 2. The SMILES string of the molecule is C[C@@H]1[C@@H]2OC(N)=N[C@](c3cc(NC(=O)c4ccc(Cl)cn4)ccc3F)(C(F)(F)F)[C@H]12. The van der Waals surface area contributed by atoms with Crippen molar-refractivity contribution in [1.82, 2.24) is 4.98 Å². The van der Waals surface area contributed by atoms with Crippen molar-refractivity contribution in [2.24, 2.45) is 22.6 Å². The molecule has 2 aromatic rings. The van der Waals surface area contributed by atoms with Crippen molar-refractivity contribution in [3.05, 3.63) is 58.6 Å². The molecule has 0 radical (unpaired) electrons. The number of benzene rings is 1. The van der Waals surface area contributed by atoms with Crippen LogP contribution in [0.1, 0.15) is 23.0 Å². The van der Waals surface area contributed by atoms with Gasteiger partial charge in [-0.15, -0.1) is 0 Å². The molecule has 1 fully saturated rings. The van der Waals surface area contributed by atoms with Crippen LogP contribution in [0.25, 0.3) is 0 Å². The molecule has 1 aliphatic heterocycles. The maximum absolute atomic E-state index is 14.7. The first kappa shape index (κ1) is 20.4. The summed E-state index contributed by atoms with van der Waals surface area (Å²) in [6, 6.07) is 5.04. The number of aliphatic imine (C=N–C) groups is 1. The number of rotatable bonds is 3. The second-order valence-electron chi connectivity index (χ2n) is 7.19. The minimum Gasteiger partial charge on any atom is -0.461 e. The average molecular weight is 443 g/mol. The Morgan fingerprint density at radius 2 is 2.03 bits per heavy atom. The van der Waals surface area contributed by atoms with Gasteiger partial charge in [-0.25, -0.2) is 14.4 Å². The lowest BCUT2D eigenvalue weighted by atomic mass is 9.82. The molecule has 30 heavy (non-hydrogen) atoms. The second kappa shape index (κ2) is 6.83. The summed E-state index contributed by atoms with van der Waals surface area (Å²) in [6.45, 7) is 1.56. The van der Waals surface area contributed by atoms with Crippen molar-refractivity contribution in [3.8, 4) is 0 Å². The van der Waals surface area contributed by atoms with Crippen LogP contribution in [0, 0.1) is 17.7 Å². The van der Waals surface area contributed by atoms with E-state index in [0.717, 1.165) is 18.2 Å². The molecule has 3 N–H and O–H groups in total. The number of hydrogen-bond donors (Lipinski definition) is 2. The molecule has 4 atom stereocenters. The predicted molar refractivity (Wildman–Crippen MR) is 100 cm³/mol. The van der Waals surface area contributed by atoms with Crippen LogP contribution in [0.15, 0.2) is 41.5 Å². The quantitative estimate of drug-likeness (QED) is 0.706. The molecule has 2 aliphatic rings. The van der Waals surface area contributed by atoms with Crippen LogP contribution in [-0.4, -0.2) is 29.2 Å². The van der Waals surface area contributed by atoms with Crippen molar-refractivity contribution in [1.29, 1.82) is 0 Å². The molecule has 1 aromatic heterocycles. The number of nitrogens with one attached hydrogen (secondary N) is 1. The highest BCUT2D eigenvalue weighted by molar-refractivity contribution is 6.30. The fourth-order valence-corrected chi connectivity index (χ4v) is 4.00. The first-order valence-electron chi connectivity index (χ1n) is 8.86. The highest BCUT2D eigenvalue weighted by Gasteiger charge is 2.75. The van der Waals surface area contributed by atoms with Gasteiger partial charge in [-0.2, -0.15) is 13.2 Å². The normalized spacial score (nSPS) is 27.5. The first-order valence-corrected chi connectivity index (χ1v) is 9.24. The summed E-state index contributed by atoms with van der Waals surface area (Å²) >= 11 is 5.72. The van der Waals surface area contributed by atoms with E-state index < -0.39 is 53.0 Å². The van der Waals surface area contributed by atoms with Gasteiger partial charge in [0.2, 0.25) is 0 Å². The largest absolute Gasteiger partial charge is 0.461 e. The number of fused-ring (bicyclic) bond motifs is 1. The highest BCUT2D eigenvalue weighted by atomic mass is 35.5. The number of carbonyl (C=O) groups excluding carboxylic acids is 1. The van der Waals surface area contributed by atoms with Crippen molar-refractivity contribution in [2.75, 3.05) is 5.32 Å². The molecular weight excluding hydrogens is 428 g/mol. The maximum atomic E-state index is 14.7. The van der Waals surface area contributed by atoms with Gasteiger partial charge in [-0.05, 0) is 30.3 Å². The van der Waals surface area contributed by atoms with Crippen molar-refractivity contribution < 1.29 is 27.1 Å². The number of halogens is 5. The van der Waals surface area contributed by atoms with Crippen LogP contribution < -0.4 is 11.1 Å². The second-order valence-corrected chi connectivity index (χ2v) is 7.63. The van der Waals surface area contributed by atoms with E-state index in [4.69, 9.17) is 22.1 Å². The fourth-order valence-electron chi connectivity index (χ4n) is 3.88. The third-order valence-electron chi connectivity index (χ3n) is 5.35. The molecule has 0 saturated heterocycles. The van der Waals surface area contributed by atoms with Gasteiger partial charge in [0.25, 0.3) is 11.9 Å². The smallest absolute Gasteiger partial charge is 0.418 e. The number of aromatic nitrogens is 1. The van der Waals surface area contributed by atoms with E-state index in [0.29, 0.717) is 5.02 Å². The zero-order valence-electron chi connectivity index (χ0n) is 15.4. The molecule has 1 aliphatic carbocycles. The van der Waals surface area contributed by atoms with E-state index in [1.54, 1.807) is 6.92 Å². The van der Waals surface area contributed by atoms with E-state index in [1.807, 2.05) is 0 Å². The summed E-state index contributed by atoms with van der Waals surface area (Å²) in [5, 5.41) is 2.73. The Hall–Kier alpha value is -2.88. The molecule has 0 unspecified atom stereocenters. The number of nitrogens with two attached hydrogens (primary N) is 1. The Labute approximate surface area is 173 Å². The monoisotopic (exact) mass is 442 g/mol. The number of hydrogen-bond acceptors (Lipinski definition) is 5. The molecule has 1 amide bonds. The third kappa shape index (κ3) is 3.15. The van der Waals surface area contributed by atoms with Crippen molar-refractivity contribution in [3.63, 3.8) is 0 Å². The van der Waals surface area contributed by atoms with Crippen LogP contribution in [0.4, 0.5) is 23.2 Å². The summed E-state index contributed by atoms with van der Waals surface area (Å²) in [6.07, 6.45) is -4.52. The Balaban J connectivity index is 1.76. The fraction of sp³-hybridized carbons (Fsp3) is 0.316. The summed E-state index contributed by atoms with van der Waals surface area (Å²) in [5.41, 5.74) is 1.78. The molecule has 1 aromatic carbocycles. The number of ether oxygens (including phenoxy) is 1. The Bertz CT molecular complexity index is 1040. The third-order valence-corrected chi connectivity index (χ3v) is 5.57. The molecule has 11 heteroatoms. The molecule has 2 heterocycles. The maximum Gasteiger partial charge on any atom is 0.418 e. The van der Waals surface area contributed by atoms with Crippen LogP contribution >= 0.6 is 11.6 Å². The van der Waals surface area contributed by atoms with Gasteiger partial charge in [0.15, 0.2) is 5.54 Å². The Morgan fingerprint density at radius 1 is 1.30 bits per heavy atom. The van der Waals surface area contributed by atoms with Gasteiger partial charge in [-0.3, -0.25) is 4.79 Å². The van der Waals surface area contributed by atoms with Gasteiger partial charge in [0.05, 0.1) is 5.02 Å². The van der Waals surface area contributed by atoms with E-state index >= 15 is 0 Å². The predicted octanol–water partition coefficient (Wildman–Crippen LogP) is 3.86.